The highest BCUT2D eigenvalue weighted by Crippen LogP contribution is 2.33. The Morgan fingerprint density at radius 1 is 0.909 bits per heavy atom. The van der Waals surface area contributed by atoms with Crippen molar-refractivity contribution >= 4 is 17.6 Å². The molecule has 33 heavy (non-hydrogen) atoms. The predicted octanol–water partition coefficient (Wildman–Crippen LogP) is 5.04. The Morgan fingerprint density at radius 2 is 1.64 bits per heavy atom. The SMILES string of the molecule is CC(=O)Nc1c(-c2ccccc2)c(C)nn1-c1ccc(C(=O)NCc2cccc(C)c2)cc1. The van der Waals surface area contributed by atoms with Gasteiger partial charge in [0.2, 0.25) is 5.91 Å². The quantitative estimate of drug-likeness (QED) is 0.443. The lowest BCUT2D eigenvalue weighted by Crippen LogP contribution is -2.22. The molecule has 2 N–H and O–H groups in total. The number of carbonyl (C=O) groups is 2. The van der Waals surface area contributed by atoms with Crippen LogP contribution in [0.3, 0.4) is 0 Å². The Kier molecular flexibility index (Phi) is 6.36. The standard InChI is InChI=1S/C27H26N4O2/c1-18-8-7-9-21(16-18)17-28-27(33)23-12-14-24(15-13-23)31-26(29-20(3)32)25(19(2)30-31)22-10-5-4-6-11-22/h4-16H,17H2,1-3H3,(H,28,33)(H,29,32). The van der Waals surface area contributed by atoms with E-state index < -0.39 is 0 Å². The second-order valence-corrected chi connectivity index (χ2v) is 7.99. The maximum atomic E-state index is 12.6. The van der Waals surface area contributed by atoms with Gasteiger partial charge in [-0.1, -0.05) is 60.2 Å². The lowest BCUT2D eigenvalue weighted by atomic mass is 10.1. The summed E-state index contributed by atoms with van der Waals surface area (Å²) in [7, 11) is 0. The van der Waals surface area contributed by atoms with E-state index in [1.807, 2.05) is 74.5 Å². The fourth-order valence-corrected chi connectivity index (χ4v) is 3.81. The Morgan fingerprint density at radius 3 is 2.30 bits per heavy atom. The molecule has 0 fully saturated rings. The van der Waals surface area contributed by atoms with E-state index in [0.717, 1.165) is 33.6 Å². The molecule has 4 rings (SSSR count). The summed E-state index contributed by atoms with van der Waals surface area (Å²) in [4.78, 5) is 24.6. The molecule has 0 radical (unpaired) electrons. The first kappa shape index (κ1) is 22.0. The van der Waals surface area contributed by atoms with Crippen molar-refractivity contribution < 1.29 is 9.59 Å². The number of nitrogens with zero attached hydrogens (tertiary/aromatic N) is 2. The lowest BCUT2D eigenvalue weighted by molar-refractivity contribution is -0.114. The maximum Gasteiger partial charge on any atom is 0.251 e. The van der Waals surface area contributed by atoms with Crippen LogP contribution in [0.2, 0.25) is 0 Å². The topological polar surface area (TPSA) is 76.0 Å². The third-order valence-corrected chi connectivity index (χ3v) is 5.33. The minimum Gasteiger partial charge on any atom is -0.348 e. The molecule has 0 aliphatic carbocycles. The summed E-state index contributed by atoms with van der Waals surface area (Å²) in [5.74, 6) is 0.273. The molecular formula is C27H26N4O2. The van der Waals surface area contributed by atoms with Crippen LogP contribution in [0.1, 0.15) is 34.1 Å². The van der Waals surface area contributed by atoms with Crippen LogP contribution >= 0.6 is 0 Å². The molecule has 1 aromatic heterocycles. The third kappa shape index (κ3) is 5.01. The summed E-state index contributed by atoms with van der Waals surface area (Å²) in [6.45, 7) is 5.88. The van der Waals surface area contributed by atoms with Crippen molar-refractivity contribution in [3.8, 4) is 16.8 Å². The van der Waals surface area contributed by atoms with E-state index in [4.69, 9.17) is 0 Å². The molecule has 166 valence electrons. The highest BCUT2D eigenvalue weighted by molar-refractivity contribution is 5.95. The largest absolute Gasteiger partial charge is 0.348 e. The number of amides is 2. The fourth-order valence-electron chi connectivity index (χ4n) is 3.81. The van der Waals surface area contributed by atoms with Gasteiger partial charge in [-0.2, -0.15) is 5.10 Å². The van der Waals surface area contributed by atoms with Crippen molar-refractivity contribution in [1.82, 2.24) is 15.1 Å². The van der Waals surface area contributed by atoms with Crippen molar-refractivity contribution in [2.24, 2.45) is 0 Å². The van der Waals surface area contributed by atoms with E-state index >= 15 is 0 Å². The Hall–Kier alpha value is -4.19. The van der Waals surface area contributed by atoms with Crippen LogP contribution < -0.4 is 10.6 Å². The van der Waals surface area contributed by atoms with Crippen LogP contribution in [0.15, 0.2) is 78.9 Å². The summed E-state index contributed by atoms with van der Waals surface area (Å²) < 4.78 is 1.70. The number of aryl methyl sites for hydroxylation is 2. The average molecular weight is 439 g/mol. The highest BCUT2D eigenvalue weighted by atomic mass is 16.2. The number of aromatic nitrogens is 2. The second-order valence-electron chi connectivity index (χ2n) is 7.99. The highest BCUT2D eigenvalue weighted by Gasteiger charge is 2.19. The van der Waals surface area contributed by atoms with Gasteiger partial charge in [0.1, 0.15) is 5.82 Å². The van der Waals surface area contributed by atoms with Gasteiger partial charge in [0, 0.05) is 24.6 Å². The Bertz CT molecular complexity index is 1290. The van der Waals surface area contributed by atoms with E-state index in [-0.39, 0.29) is 11.8 Å². The van der Waals surface area contributed by atoms with E-state index in [0.29, 0.717) is 17.9 Å². The van der Waals surface area contributed by atoms with Gasteiger partial charge in [0.15, 0.2) is 0 Å². The average Bonchev–Trinajstić information content (AvgIpc) is 3.13. The summed E-state index contributed by atoms with van der Waals surface area (Å²) in [5, 5.41) is 10.5. The van der Waals surface area contributed by atoms with Crippen LogP contribution in [0.4, 0.5) is 5.82 Å². The van der Waals surface area contributed by atoms with Crippen molar-refractivity contribution in [2.45, 2.75) is 27.3 Å². The minimum absolute atomic E-state index is 0.147. The summed E-state index contributed by atoms with van der Waals surface area (Å²) in [5.41, 5.74) is 6.15. The van der Waals surface area contributed by atoms with Crippen LogP contribution in [0.5, 0.6) is 0 Å². The maximum absolute atomic E-state index is 12.6. The van der Waals surface area contributed by atoms with Gasteiger partial charge in [0.05, 0.1) is 11.4 Å². The molecule has 2 amide bonds. The van der Waals surface area contributed by atoms with Crippen molar-refractivity contribution in [2.75, 3.05) is 5.32 Å². The zero-order chi connectivity index (χ0) is 23.4. The molecule has 0 unspecified atom stereocenters. The van der Waals surface area contributed by atoms with Gasteiger partial charge >= 0.3 is 0 Å². The molecule has 0 aliphatic heterocycles. The van der Waals surface area contributed by atoms with Crippen LogP contribution in [0, 0.1) is 13.8 Å². The molecular weight excluding hydrogens is 412 g/mol. The number of rotatable bonds is 6. The number of anilines is 1. The zero-order valence-electron chi connectivity index (χ0n) is 18.9. The first-order valence-electron chi connectivity index (χ1n) is 10.8. The zero-order valence-corrected chi connectivity index (χ0v) is 18.9. The smallest absolute Gasteiger partial charge is 0.251 e. The van der Waals surface area contributed by atoms with Crippen molar-refractivity contribution in [3.05, 3.63) is 101 Å². The first-order chi connectivity index (χ1) is 15.9. The Balaban J connectivity index is 1.59. The number of hydrogen-bond donors (Lipinski definition) is 2. The van der Waals surface area contributed by atoms with Gasteiger partial charge in [-0.15, -0.1) is 0 Å². The molecule has 0 saturated heterocycles. The van der Waals surface area contributed by atoms with Gasteiger partial charge in [0.25, 0.3) is 5.91 Å². The molecule has 0 saturated carbocycles. The van der Waals surface area contributed by atoms with E-state index in [2.05, 4.69) is 21.8 Å². The number of hydrogen-bond acceptors (Lipinski definition) is 3. The van der Waals surface area contributed by atoms with Crippen molar-refractivity contribution in [1.29, 1.82) is 0 Å². The molecule has 3 aromatic carbocycles. The first-order valence-corrected chi connectivity index (χ1v) is 10.8. The van der Waals surface area contributed by atoms with Gasteiger partial charge in [-0.05, 0) is 49.2 Å². The number of nitrogens with one attached hydrogen (secondary N) is 2. The summed E-state index contributed by atoms with van der Waals surface area (Å²) in [6.07, 6.45) is 0. The minimum atomic E-state index is -0.180. The molecule has 1 heterocycles. The summed E-state index contributed by atoms with van der Waals surface area (Å²) in [6, 6.07) is 25.1. The predicted molar refractivity (Wildman–Crippen MR) is 130 cm³/mol. The lowest BCUT2D eigenvalue weighted by Gasteiger charge is -2.11. The number of benzene rings is 3. The van der Waals surface area contributed by atoms with Crippen LogP contribution in [-0.4, -0.2) is 21.6 Å². The number of carbonyl (C=O) groups excluding carboxylic acids is 2. The molecule has 6 heteroatoms. The van der Waals surface area contributed by atoms with E-state index in [1.54, 1.807) is 16.8 Å². The third-order valence-electron chi connectivity index (χ3n) is 5.33. The van der Waals surface area contributed by atoms with E-state index in [1.165, 1.54) is 6.92 Å². The Labute approximate surface area is 193 Å². The molecule has 0 bridgehead atoms. The van der Waals surface area contributed by atoms with Crippen LogP contribution in [-0.2, 0) is 11.3 Å². The van der Waals surface area contributed by atoms with Gasteiger partial charge in [-0.25, -0.2) is 4.68 Å². The summed E-state index contributed by atoms with van der Waals surface area (Å²) >= 11 is 0. The van der Waals surface area contributed by atoms with Crippen LogP contribution in [0.25, 0.3) is 16.8 Å². The monoisotopic (exact) mass is 438 g/mol. The fraction of sp³-hybridized carbons (Fsp3) is 0.148. The molecule has 4 aromatic rings. The molecule has 0 aliphatic rings. The molecule has 6 nitrogen and oxygen atoms in total. The molecule has 0 spiro atoms. The molecule has 0 atom stereocenters. The van der Waals surface area contributed by atoms with E-state index in [9.17, 15) is 9.59 Å². The van der Waals surface area contributed by atoms with Gasteiger partial charge in [-0.3, -0.25) is 9.59 Å². The van der Waals surface area contributed by atoms with Crippen molar-refractivity contribution in [3.63, 3.8) is 0 Å². The van der Waals surface area contributed by atoms with Gasteiger partial charge < -0.3 is 10.6 Å². The second kappa shape index (κ2) is 9.53. The normalized spacial score (nSPS) is 10.6.